The molecule has 0 spiro atoms. The van der Waals surface area contributed by atoms with E-state index in [2.05, 4.69) is 37.0 Å². The van der Waals surface area contributed by atoms with Crippen molar-refractivity contribution in [2.75, 3.05) is 7.11 Å². The molecule has 0 radical (unpaired) electrons. The molecule has 0 saturated heterocycles. The standard InChI is InChI=1S/C20H18O2/c1-14-5-3-4-6-16(14)10-7-15-8-11-17(12-9-15)18-13-19(18)20(21)22-2/h3-6,8-9,11-12,18-19H,13H2,1-2H3. The second-order valence-electron chi connectivity index (χ2n) is 5.66. The summed E-state index contributed by atoms with van der Waals surface area (Å²) >= 11 is 0. The van der Waals surface area contributed by atoms with Crippen molar-refractivity contribution in [2.24, 2.45) is 5.92 Å². The van der Waals surface area contributed by atoms with Crippen LogP contribution < -0.4 is 0 Å². The van der Waals surface area contributed by atoms with E-state index >= 15 is 0 Å². The Balaban J connectivity index is 1.71. The number of carbonyl (C=O) groups is 1. The fraction of sp³-hybridized carbons (Fsp3) is 0.250. The molecule has 0 heterocycles. The molecule has 2 nitrogen and oxygen atoms in total. The van der Waals surface area contributed by atoms with E-state index in [-0.39, 0.29) is 11.9 Å². The fourth-order valence-corrected chi connectivity index (χ4v) is 2.64. The summed E-state index contributed by atoms with van der Waals surface area (Å²) in [6, 6.07) is 16.3. The summed E-state index contributed by atoms with van der Waals surface area (Å²) in [6.07, 6.45) is 0.890. The predicted octanol–water partition coefficient (Wildman–Crippen LogP) is 3.67. The number of carbonyl (C=O) groups excluding carboxylic acids is 1. The molecule has 1 saturated carbocycles. The maximum atomic E-state index is 11.5. The summed E-state index contributed by atoms with van der Waals surface area (Å²) < 4.78 is 4.79. The summed E-state index contributed by atoms with van der Waals surface area (Å²) in [4.78, 5) is 11.5. The van der Waals surface area contributed by atoms with Crippen LogP contribution in [-0.2, 0) is 9.53 Å². The molecule has 2 heteroatoms. The lowest BCUT2D eigenvalue weighted by atomic mass is 10.1. The molecule has 0 aromatic heterocycles. The summed E-state index contributed by atoms with van der Waals surface area (Å²) in [5.74, 6) is 6.64. The van der Waals surface area contributed by atoms with Crippen molar-refractivity contribution in [2.45, 2.75) is 19.3 Å². The molecule has 0 amide bonds. The average molecular weight is 290 g/mol. The van der Waals surface area contributed by atoms with Crippen LogP contribution in [0.25, 0.3) is 0 Å². The topological polar surface area (TPSA) is 26.3 Å². The van der Waals surface area contributed by atoms with Gasteiger partial charge in [-0.3, -0.25) is 4.79 Å². The Kier molecular flexibility index (Phi) is 3.98. The first-order valence-corrected chi connectivity index (χ1v) is 7.44. The second-order valence-corrected chi connectivity index (χ2v) is 5.66. The highest BCUT2D eigenvalue weighted by Gasteiger charge is 2.44. The third kappa shape index (κ3) is 3.04. The third-order valence-electron chi connectivity index (χ3n) is 4.12. The average Bonchev–Trinajstić information content (AvgIpc) is 3.34. The number of methoxy groups -OCH3 is 1. The number of hydrogen-bond donors (Lipinski definition) is 0. The Morgan fingerprint density at radius 2 is 1.82 bits per heavy atom. The molecule has 2 atom stereocenters. The number of rotatable bonds is 2. The van der Waals surface area contributed by atoms with Gasteiger partial charge in [-0.1, -0.05) is 42.2 Å². The monoisotopic (exact) mass is 290 g/mol. The second kappa shape index (κ2) is 6.07. The van der Waals surface area contributed by atoms with Crippen LogP contribution in [0.5, 0.6) is 0 Å². The number of ether oxygens (including phenoxy) is 1. The number of aryl methyl sites for hydroxylation is 1. The van der Waals surface area contributed by atoms with Crippen molar-refractivity contribution in [3.05, 3.63) is 70.8 Å². The molecule has 1 aliphatic carbocycles. The van der Waals surface area contributed by atoms with Crippen molar-refractivity contribution in [3.63, 3.8) is 0 Å². The highest BCUT2D eigenvalue weighted by molar-refractivity contribution is 5.77. The minimum absolute atomic E-state index is 0.0360. The van der Waals surface area contributed by atoms with Gasteiger partial charge in [-0.15, -0.1) is 0 Å². The van der Waals surface area contributed by atoms with Gasteiger partial charge in [0.2, 0.25) is 0 Å². The van der Waals surface area contributed by atoms with Crippen LogP contribution >= 0.6 is 0 Å². The van der Waals surface area contributed by atoms with Gasteiger partial charge in [0, 0.05) is 11.1 Å². The molecule has 0 aliphatic heterocycles. The van der Waals surface area contributed by atoms with E-state index in [0.717, 1.165) is 17.5 Å². The molecule has 0 N–H and O–H groups in total. The van der Waals surface area contributed by atoms with Crippen molar-refractivity contribution in [1.29, 1.82) is 0 Å². The highest BCUT2D eigenvalue weighted by Crippen LogP contribution is 2.47. The molecule has 110 valence electrons. The van der Waals surface area contributed by atoms with Gasteiger partial charge in [0.05, 0.1) is 13.0 Å². The van der Waals surface area contributed by atoms with Gasteiger partial charge < -0.3 is 4.74 Å². The van der Waals surface area contributed by atoms with Gasteiger partial charge in [-0.05, 0) is 48.6 Å². The van der Waals surface area contributed by atoms with Crippen molar-refractivity contribution in [3.8, 4) is 11.8 Å². The molecular weight excluding hydrogens is 272 g/mol. The zero-order valence-electron chi connectivity index (χ0n) is 12.8. The summed E-state index contributed by atoms with van der Waals surface area (Å²) in [5.41, 5.74) is 4.42. The Morgan fingerprint density at radius 3 is 2.50 bits per heavy atom. The summed E-state index contributed by atoms with van der Waals surface area (Å²) in [5, 5.41) is 0. The Labute approximate surface area is 131 Å². The fourth-order valence-electron chi connectivity index (χ4n) is 2.64. The van der Waals surface area contributed by atoms with Crippen LogP contribution in [0.3, 0.4) is 0 Å². The molecule has 1 aliphatic rings. The molecule has 22 heavy (non-hydrogen) atoms. The summed E-state index contributed by atoms with van der Waals surface area (Å²) in [6.45, 7) is 2.06. The number of hydrogen-bond acceptors (Lipinski definition) is 2. The molecular formula is C20H18O2. The van der Waals surface area contributed by atoms with Crippen molar-refractivity contribution < 1.29 is 9.53 Å². The Morgan fingerprint density at radius 1 is 1.09 bits per heavy atom. The highest BCUT2D eigenvalue weighted by atomic mass is 16.5. The first-order valence-electron chi connectivity index (χ1n) is 7.44. The summed E-state index contributed by atoms with van der Waals surface area (Å²) in [7, 11) is 1.45. The lowest BCUT2D eigenvalue weighted by Crippen LogP contribution is -2.03. The quantitative estimate of drug-likeness (QED) is 0.623. The Bertz CT molecular complexity index is 747. The third-order valence-corrected chi connectivity index (χ3v) is 4.12. The largest absolute Gasteiger partial charge is 0.469 e. The van der Waals surface area contributed by atoms with Gasteiger partial charge in [-0.2, -0.15) is 0 Å². The smallest absolute Gasteiger partial charge is 0.309 e. The van der Waals surface area contributed by atoms with Crippen LogP contribution in [0.2, 0.25) is 0 Å². The lowest BCUT2D eigenvalue weighted by Gasteiger charge is -2.00. The first kappa shape index (κ1) is 14.4. The van der Waals surface area contributed by atoms with Crippen LogP contribution in [0.1, 0.15) is 34.6 Å². The Hall–Kier alpha value is -2.53. The lowest BCUT2D eigenvalue weighted by molar-refractivity contribution is -0.142. The molecule has 2 aromatic rings. The van der Waals surface area contributed by atoms with Crippen LogP contribution in [0.4, 0.5) is 0 Å². The molecule has 2 unspecified atom stereocenters. The maximum absolute atomic E-state index is 11.5. The SMILES string of the molecule is COC(=O)C1CC1c1ccc(C#Cc2ccccc2C)cc1. The normalized spacial score (nSPS) is 19.0. The molecule has 3 rings (SSSR count). The van der Waals surface area contributed by atoms with Gasteiger partial charge in [0.15, 0.2) is 0 Å². The predicted molar refractivity (Wildman–Crippen MR) is 86.5 cm³/mol. The van der Waals surface area contributed by atoms with Gasteiger partial charge in [-0.25, -0.2) is 0 Å². The van der Waals surface area contributed by atoms with Crippen molar-refractivity contribution >= 4 is 5.97 Å². The van der Waals surface area contributed by atoms with Crippen LogP contribution in [-0.4, -0.2) is 13.1 Å². The number of esters is 1. The van der Waals surface area contributed by atoms with Crippen molar-refractivity contribution in [1.82, 2.24) is 0 Å². The van der Waals surface area contributed by atoms with E-state index in [9.17, 15) is 4.79 Å². The van der Waals surface area contributed by atoms with Gasteiger partial charge >= 0.3 is 5.97 Å². The van der Waals surface area contributed by atoms with E-state index in [0.29, 0.717) is 5.92 Å². The minimum atomic E-state index is -0.103. The van der Waals surface area contributed by atoms with Crippen LogP contribution in [0, 0.1) is 24.7 Å². The van der Waals surface area contributed by atoms with Gasteiger partial charge in [0.25, 0.3) is 0 Å². The van der Waals surface area contributed by atoms with E-state index in [4.69, 9.17) is 4.74 Å². The van der Waals surface area contributed by atoms with E-state index in [1.807, 2.05) is 30.3 Å². The van der Waals surface area contributed by atoms with E-state index in [1.165, 1.54) is 18.2 Å². The zero-order valence-corrected chi connectivity index (χ0v) is 12.8. The molecule has 1 fully saturated rings. The molecule has 0 bridgehead atoms. The van der Waals surface area contributed by atoms with E-state index in [1.54, 1.807) is 0 Å². The number of benzene rings is 2. The van der Waals surface area contributed by atoms with Gasteiger partial charge in [0.1, 0.15) is 0 Å². The first-order chi connectivity index (χ1) is 10.7. The minimum Gasteiger partial charge on any atom is -0.469 e. The van der Waals surface area contributed by atoms with E-state index < -0.39 is 0 Å². The molecule has 2 aromatic carbocycles. The maximum Gasteiger partial charge on any atom is 0.309 e. The zero-order chi connectivity index (χ0) is 15.5. The van der Waals surface area contributed by atoms with Crippen LogP contribution in [0.15, 0.2) is 48.5 Å².